The van der Waals surface area contributed by atoms with Gasteiger partial charge in [0.2, 0.25) is 0 Å². The zero-order valence-electron chi connectivity index (χ0n) is 6.41. The van der Waals surface area contributed by atoms with Crippen LogP contribution in [-0.2, 0) is 4.74 Å². The number of ether oxygens (including phenoxy) is 1. The van der Waals surface area contributed by atoms with Crippen LogP contribution >= 0.6 is 15.9 Å². The molecule has 3 heteroatoms. The summed E-state index contributed by atoms with van der Waals surface area (Å²) in [6, 6.07) is 0. The lowest BCUT2D eigenvalue weighted by molar-refractivity contribution is 0.130. The first kappa shape index (κ1) is 9.66. The van der Waals surface area contributed by atoms with E-state index in [1.165, 1.54) is 10.2 Å². The van der Waals surface area contributed by atoms with E-state index >= 15 is 0 Å². The molecule has 0 aliphatic carbocycles. The number of hydrogen-bond donors (Lipinski definition) is 0. The van der Waals surface area contributed by atoms with Gasteiger partial charge < -0.3 is 4.74 Å². The maximum absolute atomic E-state index is 5.34. The van der Waals surface area contributed by atoms with Crippen LogP contribution in [0.5, 0.6) is 0 Å². The summed E-state index contributed by atoms with van der Waals surface area (Å²) in [4.78, 5) is 0. The highest BCUT2D eigenvalue weighted by molar-refractivity contribution is 9.09. The molecule has 0 bridgehead atoms. The van der Waals surface area contributed by atoms with Crippen molar-refractivity contribution in [2.24, 2.45) is 0 Å². The quantitative estimate of drug-likeness (QED) is 0.382. The molecule has 0 amide bonds. The Morgan fingerprint density at radius 1 is 1.56 bits per heavy atom. The van der Waals surface area contributed by atoms with Gasteiger partial charge in [-0.1, -0.05) is 29.8 Å². The summed E-state index contributed by atoms with van der Waals surface area (Å²) < 4.78 is 5.34. The molecule has 0 aliphatic rings. The van der Waals surface area contributed by atoms with E-state index in [4.69, 9.17) is 4.74 Å². The summed E-state index contributed by atoms with van der Waals surface area (Å²) in [7, 11) is 1.20. The molecule has 0 spiro atoms. The second-order valence-electron chi connectivity index (χ2n) is 3.30. The fourth-order valence-electron chi connectivity index (χ4n) is 0.433. The molecule has 0 radical (unpaired) electrons. The molecule has 0 saturated heterocycles. The van der Waals surface area contributed by atoms with E-state index in [1.807, 2.05) is 0 Å². The van der Waals surface area contributed by atoms with Crippen LogP contribution in [0.2, 0.25) is 5.04 Å². The minimum Gasteiger partial charge on any atom is -0.380 e. The van der Waals surface area contributed by atoms with E-state index in [1.54, 1.807) is 0 Å². The van der Waals surface area contributed by atoms with E-state index in [0.717, 1.165) is 18.5 Å². The Morgan fingerprint density at radius 2 is 2.11 bits per heavy atom. The molecule has 9 heavy (non-hydrogen) atoms. The lowest BCUT2D eigenvalue weighted by atomic mass is 10.2. The summed E-state index contributed by atoms with van der Waals surface area (Å²) >= 11 is 3.30. The predicted molar refractivity (Wildman–Crippen MR) is 48.6 cm³/mol. The Morgan fingerprint density at radius 3 is 2.44 bits per heavy atom. The molecule has 0 aromatic rings. The minimum absolute atomic E-state index is 0.447. The lowest BCUT2D eigenvalue weighted by Gasteiger charge is -2.17. The van der Waals surface area contributed by atoms with Gasteiger partial charge in [0.05, 0.1) is 6.61 Å². The monoisotopic (exact) mass is 210 g/mol. The fraction of sp³-hybridized carbons (Fsp3) is 1.00. The summed E-state index contributed by atoms with van der Waals surface area (Å²) in [5.41, 5.74) is 0. The molecular formula is C6H15BrOSi. The van der Waals surface area contributed by atoms with E-state index in [2.05, 4.69) is 29.8 Å². The maximum Gasteiger partial charge on any atom is 0.0563 e. The van der Waals surface area contributed by atoms with Gasteiger partial charge in [0.15, 0.2) is 0 Å². The van der Waals surface area contributed by atoms with Gasteiger partial charge in [0, 0.05) is 22.2 Å². The molecule has 0 N–H and O–H groups in total. The highest BCUT2D eigenvalue weighted by Crippen LogP contribution is 2.17. The van der Waals surface area contributed by atoms with Crippen LogP contribution in [0.25, 0.3) is 0 Å². The molecule has 0 fully saturated rings. The van der Waals surface area contributed by atoms with Crippen LogP contribution in [0.15, 0.2) is 0 Å². The molecule has 0 atom stereocenters. The summed E-state index contributed by atoms with van der Waals surface area (Å²) in [6.07, 6.45) is 0. The molecule has 0 aromatic heterocycles. The van der Waals surface area contributed by atoms with Crippen LogP contribution in [0, 0.1) is 0 Å². The molecule has 0 heterocycles. The van der Waals surface area contributed by atoms with Crippen LogP contribution in [0.3, 0.4) is 0 Å². The smallest absolute Gasteiger partial charge is 0.0563 e. The number of alkyl halides is 1. The third-order valence-electron chi connectivity index (χ3n) is 0.757. The zero-order chi connectivity index (χ0) is 7.33. The maximum atomic E-state index is 5.34. The van der Waals surface area contributed by atoms with Crippen molar-refractivity contribution in [1.82, 2.24) is 0 Å². The highest BCUT2D eigenvalue weighted by Gasteiger charge is 2.08. The van der Waals surface area contributed by atoms with E-state index in [-0.39, 0.29) is 0 Å². The van der Waals surface area contributed by atoms with Gasteiger partial charge in [0.25, 0.3) is 0 Å². The van der Waals surface area contributed by atoms with Gasteiger partial charge in [-0.3, -0.25) is 0 Å². The van der Waals surface area contributed by atoms with E-state index in [9.17, 15) is 0 Å². The first-order chi connectivity index (χ1) is 4.06. The number of halogens is 1. The number of hydrogen-bond acceptors (Lipinski definition) is 1. The van der Waals surface area contributed by atoms with Crippen molar-refractivity contribution in [1.29, 1.82) is 0 Å². The van der Waals surface area contributed by atoms with Crippen molar-refractivity contribution in [3.63, 3.8) is 0 Å². The zero-order valence-corrected chi connectivity index (χ0v) is 9.99. The van der Waals surface area contributed by atoms with Gasteiger partial charge in [-0.05, 0) is 5.04 Å². The Hall–Kier alpha value is 0.657. The van der Waals surface area contributed by atoms with Crippen LogP contribution < -0.4 is 0 Å². The minimum atomic E-state index is 0.447. The second-order valence-corrected chi connectivity index (χ2v) is 6.80. The van der Waals surface area contributed by atoms with Crippen molar-refractivity contribution in [3.8, 4) is 0 Å². The fourth-order valence-corrected chi connectivity index (χ4v) is 0.866. The highest BCUT2D eigenvalue weighted by atomic mass is 79.9. The summed E-state index contributed by atoms with van der Waals surface area (Å²) in [5, 5.41) is 1.40. The van der Waals surface area contributed by atoms with E-state index in [0.29, 0.717) is 5.04 Å². The molecule has 0 aromatic carbocycles. The average molecular weight is 211 g/mol. The van der Waals surface area contributed by atoms with Gasteiger partial charge in [0.1, 0.15) is 0 Å². The normalized spacial score (nSPS) is 12.3. The molecule has 56 valence electrons. The van der Waals surface area contributed by atoms with Gasteiger partial charge in [-0.15, -0.1) is 0 Å². The summed E-state index contributed by atoms with van der Waals surface area (Å²) in [5.74, 6) is 0. The second kappa shape index (κ2) is 4.47. The molecular weight excluding hydrogens is 196 g/mol. The molecule has 0 rings (SSSR count). The first-order valence-corrected chi connectivity index (χ1v) is 5.32. The van der Waals surface area contributed by atoms with Gasteiger partial charge in [-0.2, -0.15) is 0 Å². The average Bonchev–Trinajstić information content (AvgIpc) is 1.63. The Bertz CT molecular complexity index is 69.9. The number of rotatable bonds is 4. The Balaban J connectivity index is 3.07. The summed E-state index contributed by atoms with van der Waals surface area (Å²) in [6.45, 7) is 6.21. The third-order valence-corrected chi connectivity index (χ3v) is 1.37. The van der Waals surface area contributed by atoms with E-state index < -0.39 is 0 Å². The molecule has 0 unspecified atom stereocenters. The van der Waals surface area contributed by atoms with Gasteiger partial charge in [-0.25, -0.2) is 0 Å². The van der Waals surface area contributed by atoms with Crippen molar-refractivity contribution in [2.75, 3.05) is 18.5 Å². The Kier molecular flexibility index (Phi) is 4.80. The van der Waals surface area contributed by atoms with Crippen molar-refractivity contribution >= 4 is 26.2 Å². The Labute approximate surface area is 68.7 Å². The molecule has 0 aliphatic heterocycles. The first-order valence-electron chi connectivity index (χ1n) is 3.20. The molecule has 0 saturated carbocycles. The lowest BCUT2D eigenvalue weighted by Crippen LogP contribution is -2.12. The van der Waals surface area contributed by atoms with Crippen LogP contribution in [0.4, 0.5) is 0 Å². The largest absolute Gasteiger partial charge is 0.380 e. The molecule has 1 nitrogen and oxygen atoms in total. The van der Waals surface area contributed by atoms with Crippen molar-refractivity contribution in [2.45, 2.75) is 18.9 Å². The SMILES string of the molecule is CC(C)([SiH3])COCCBr. The topological polar surface area (TPSA) is 9.23 Å². The van der Waals surface area contributed by atoms with Crippen LogP contribution in [0.1, 0.15) is 13.8 Å². The van der Waals surface area contributed by atoms with Crippen molar-refractivity contribution in [3.05, 3.63) is 0 Å². The predicted octanol–water partition coefficient (Wildman–Crippen LogP) is 0.962. The van der Waals surface area contributed by atoms with Crippen LogP contribution in [-0.4, -0.2) is 28.8 Å². The third kappa shape index (κ3) is 8.66. The van der Waals surface area contributed by atoms with Gasteiger partial charge >= 0.3 is 0 Å². The standard InChI is InChI=1S/C6H15BrOSi/c1-6(2,9)5-8-4-3-7/h3-5H2,1-2,9H3. The van der Waals surface area contributed by atoms with Crippen molar-refractivity contribution < 1.29 is 4.74 Å².